The summed E-state index contributed by atoms with van der Waals surface area (Å²) in [6.45, 7) is 0. The van der Waals surface area contributed by atoms with Crippen LogP contribution in [0.1, 0.15) is 23.7 Å². The summed E-state index contributed by atoms with van der Waals surface area (Å²) in [5.74, 6) is -1.31. The molecule has 1 aromatic carbocycles. The summed E-state index contributed by atoms with van der Waals surface area (Å²) in [7, 11) is 0. The molecule has 17 heavy (non-hydrogen) atoms. The number of benzene rings is 1. The van der Waals surface area contributed by atoms with E-state index in [0.29, 0.717) is 12.1 Å². The van der Waals surface area contributed by atoms with Crippen LogP contribution in [0.5, 0.6) is 0 Å². The average molecular weight is 269 g/mol. The van der Waals surface area contributed by atoms with Crippen molar-refractivity contribution >= 4 is 17.6 Å². The van der Waals surface area contributed by atoms with E-state index in [1.165, 1.54) is 0 Å². The smallest absolute Gasteiger partial charge is 0.416 e. The molecule has 94 valence electrons. The Balaban J connectivity index is 3.09. The van der Waals surface area contributed by atoms with Crippen LogP contribution in [0, 0.1) is 0 Å². The van der Waals surface area contributed by atoms with E-state index < -0.39 is 30.2 Å². The number of alkyl halides is 3. The molecule has 0 amide bonds. The van der Waals surface area contributed by atoms with E-state index in [0.717, 1.165) is 6.07 Å². The van der Waals surface area contributed by atoms with Crippen molar-refractivity contribution in [2.24, 2.45) is 0 Å². The number of carboxylic acids is 1. The van der Waals surface area contributed by atoms with Gasteiger partial charge in [0, 0.05) is 5.02 Å². The quantitative estimate of drug-likeness (QED) is 0.886. The number of carboxylic acid groups (broad SMARTS) is 1. The van der Waals surface area contributed by atoms with Gasteiger partial charge < -0.3 is 10.2 Å². The van der Waals surface area contributed by atoms with Gasteiger partial charge in [0.05, 0.1) is 18.1 Å². The van der Waals surface area contributed by atoms with Gasteiger partial charge in [-0.1, -0.05) is 11.6 Å². The van der Waals surface area contributed by atoms with Crippen LogP contribution in [0.4, 0.5) is 13.2 Å². The van der Waals surface area contributed by atoms with E-state index in [1.54, 1.807) is 0 Å². The maximum atomic E-state index is 12.4. The van der Waals surface area contributed by atoms with Crippen LogP contribution in [0.2, 0.25) is 5.02 Å². The largest absolute Gasteiger partial charge is 0.481 e. The predicted molar refractivity (Wildman–Crippen MR) is 53.7 cm³/mol. The number of aliphatic carboxylic acids is 1. The standard InChI is InChI=1S/C10H8ClF3O3/c11-7-2-5(8(15)4-9(16)17)1-6(3-7)10(12,13)14/h1-3,8,15H,4H2,(H,16,17)/t8-/m1/s1. The van der Waals surface area contributed by atoms with Crippen molar-refractivity contribution in [1.29, 1.82) is 0 Å². The highest BCUT2D eigenvalue weighted by Gasteiger charge is 2.31. The molecule has 0 radical (unpaired) electrons. The molecule has 1 atom stereocenters. The maximum Gasteiger partial charge on any atom is 0.416 e. The van der Waals surface area contributed by atoms with Crippen molar-refractivity contribution < 1.29 is 28.2 Å². The molecule has 0 aliphatic carbocycles. The van der Waals surface area contributed by atoms with Crippen molar-refractivity contribution in [2.75, 3.05) is 0 Å². The van der Waals surface area contributed by atoms with E-state index in [4.69, 9.17) is 16.7 Å². The summed E-state index contributed by atoms with van der Waals surface area (Å²) in [4.78, 5) is 10.3. The molecule has 7 heteroatoms. The van der Waals surface area contributed by atoms with Crippen LogP contribution in [-0.2, 0) is 11.0 Å². The fourth-order valence-corrected chi connectivity index (χ4v) is 1.50. The molecule has 0 saturated heterocycles. The van der Waals surface area contributed by atoms with Gasteiger partial charge in [0.1, 0.15) is 0 Å². The van der Waals surface area contributed by atoms with Gasteiger partial charge in [0.25, 0.3) is 0 Å². The highest BCUT2D eigenvalue weighted by atomic mass is 35.5. The Kier molecular flexibility index (Phi) is 4.00. The molecule has 0 aliphatic heterocycles. The third-order valence-corrected chi connectivity index (χ3v) is 2.22. The van der Waals surface area contributed by atoms with Crippen LogP contribution in [-0.4, -0.2) is 16.2 Å². The van der Waals surface area contributed by atoms with E-state index >= 15 is 0 Å². The summed E-state index contributed by atoms with van der Waals surface area (Å²) in [5, 5.41) is 17.6. The predicted octanol–water partition coefficient (Wildman–Crippen LogP) is 2.87. The van der Waals surface area contributed by atoms with Gasteiger partial charge in [0.15, 0.2) is 0 Å². The molecular formula is C10H8ClF3O3. The fourth-order valence-electron chi connectivity index (χ4n) is 1.25. The lowest BCUT2D eigenvalue weighted by atomic mass is 10.0. The summed E-state index contributed by atoms with van der Waals surface area (Å²) in [6, 6.07) is 2.49. The van der Waals surface area contributed by atoms with Gasteiger partial charge in [-0.25, -0.2) is 0 Å². The highest BCUT2D eigenvalue weighted by Crippen LogP contribution is 2.33. The third-order valence-electron chi connectivity index (χ3n) is 2.00. The topological polar surface area (TPSA) is 57.5 Å². The SMILES string of the molecule is O=C(O)C[C@@H](O)c1cc(Cl)cc(C(F)(F)F)c1. The maximum absolute atomic E-state index is 12.4. The number of hydrogen-bond donors (Lipinski definition) is 2. The third kappa shape index (κ3) is 3.90. The lowest BCUT2D eigenvalue weighted by Gasteiger charge is -2.13. The van der Waals surface area contributed by atoms with Crippen LogP contribution in [0.25, 0.3) is 0 Å². The van der Waals surface area contributed by atoms with E-state index in [1.807, 2.05) is 0 Å². The summed E-state index contributed by atoms with van der Waals surface area (Å²) >= 11 is 5.48. The van der Waals surface area contributed by atoms with Crippen molar-refractivity contribution in [3.63, 3.8) is 0 Å². The van der Waals surface area contributed by atoms with Crippen LogP contribution in [0.15, 0.2) is 18.2 Å². The molecule has 0 aliphatic rings. The summed E-state index contributed by atoms with van der Waals surface area (Å²) < 4.78 is 37.3. The Morgan fingerprint density at radius 1 is 1.35 bits per heavy atom. The van der Waals surface area contributed by atoms with Crippen molar-refractivity contribution in [3.8, 4) is 0 Å². The zero-order valence-electron chi connectivity index (χ0n) is 8.33. The van der Waals surface area contributed by atoms with E-state index in [2.05, 4.69) is 0 Å². The summed E-state index contributed by atoms with van der Waals surface area (Å²) in [6.07, 6.45) is -6.80. The monoisotopic (exact) mass is 268 g/mol. The molecule has 2 N–H and O–H groups in total. The first kappa shape index (κ1) is 13.8. The number of rotatable bonds is 3. The fraction of sp³-hybridized carbons (Fsp3) is 0.300. The Labute approximate surface area is 99.4 Å². The highest BCUT2D eigenvalue weighted by molar-refractivity contribution is 6.30. The van der Waals surface area contributed by atoms with Crippen LogP contribution in [0.3, 0.4) is 0 Å². The van der Waals surface area contributed by atoms with Gasteiger partial charge in [-0.05, 0) is 23.8 Å². The first-order valence-corrected chi connectivity index (χ1v) is 4.85. The normalized spacial score (nSPS) is 13.5. The molecular weight excluding hydrogens is 261 g/mol. The minimum Gasteiger partial charge on any atom is -0.481 e. The van der Waals surface area contributed by atoms with Gasteiger partial charge in [-0.3, -0.25) is 4.79 Å². The number of aliphatic hydroxyl groups excluding tert-OH is 1. The minimum atomic E-state index is -4.59. The molecule has 0 heterocycles. The molecule has 0 fully saturated rings. The molecule has 0 saturated carbocycles. The first-order chi connectivity index (χ1) is 7.70. The Morgan fingerprint density at radius 2 is 1.94 bits per heavy atom. The average Bonchev–Trinajstić information content (AvgIpc) is 2.14. The van der Waals surface area contributed by atoms with E-state index in [-0.39, 0.29) is 10.6 Å². The molecule has 1 aromatic rings. The first-order valence-electron chi connectivity index (χ1n) is 4.47. The Hall–Kier alpha value is -1.27. The van der Waals surface area contributed by atoms with Gasteiger partial charge >= 0.3 is 12.1 Å². The lowest BCUT2D eigenvalue weighted by molar-refractivity contribution is -0.139. The number of carbonyl (C=O) groups is 1. The molecule has 0 bridgehead atoms. The second-order valence-corrected chi connectivity index (χ2v) is 3.82. The zero-order chi connectivity index (χ0) is 13.2. The van der Waals surface area contributed by atoms with Gasteiger partial charge in [-0.2, -0.15) is 13.2 Å². The Morgan fingerprint density at radius 3 is 2.41 bits per heavy atom. The minimum absolute atomic E-state index is 0.174. The molecule has 1 rings (SSSR count). The van der Waals surface area contributed by atoms with E-state index in [9.17, 15) is 23.1 Å². The van der Waals surface area contributed by atoms with Crippen molar-refractivity contribution in [3.05, 3.63) is 34.3 Å². The molecule has 3 nitrogen and oxygen atoms in total. The van der Waals surface area contributed by atoms with Crippen molar-refractivity contribution in [1.82, 2.24) is 0 Å². The second kappa shape index (κ2) is 4.93. The van der Waals surface area contributed by atoms with Gasteiger partial charge in [0.2, 0.25) is 0 Å². The van der Waals surface area contributed by atoms with Crippen molar-refractivity contribution in [2.45, 2.75) is 18.7 Å². The summed E-state index contributed by atoms with van der Waals surface area (Å²) in [5.41, 5.74) is -1.20. The lowest BCUT2D eigenvalue weighted by Crippen LogP contribution is -2.09. The number of halogens is 4. The van der Waals surface area contributed by atoms with Gasteiger partial charge in [-0.15, -0.1) is 0 Å². The molecule has 0 aromatic heterocycles. The number of aliphatic hydroxyl groups is 1. The van der Waals surface area contributed by atoms with Crippen LogP contribution < -0.4 is 0 Å². The molecule has 0 spiro atoms. The second-order valence-electron chi connectivity index (χ2n) is 3.38. The zero-order valence-corrected chi connectivity index (χ0v) is 9.09. The van der Waals surface area contributed by atoms with Crippen LogP contribution >= 0.6 is 11.6 Å². The Bertz CT molecular complexity index is 431. The molecule has 0 unspecified atom stereocenters. The number of hydrogen-bond acceptors (Lipinski definition) is 2.